The van der Waals surface area contributed by atoms with Crippen molar-refractivity contribution in [3.05, 3.63) is 30.6 Å². The fourth-order valence-electron chi connectivity index (χ4n) is 1.12. The Morgan fingerprint density at radius 3 is 1.89 bits per heavy atom. The first-order chi connectivity index (χ1) is 8.71. The summed E-state index contributed by atoms with van der Waals surface area (Å²) >= 11 is 0. The zero-order chi connectivity index (χ0) is 14.8. The second-order valence-corrected chi connectivity index (χ2v) is 5.29. The number of aromatic nitrogens is 1. The molecule has 110 valence electrons. The van der Waals surface area contributed by atoms with Crippen molar-refractivity contribution >= 4 is 10.1 Å². The van der Waals surface area contributed by atoms with Crippen LogP contribution in [0.25, 0.3) is 0 Å². The van der Waals surface area contributed by atoms with Crippen LogP contribution in [0.3, 0.4) is 0 Å². The third-order valence-electron chi connectivity index (χ3n) is 1.96. The van der Waals surface area contributed by atoms with E-state index in [1.807, 2.05) is 30.6 Å². The third-order valence-corrected chi connectivity index (χ3v) is 2.75. The summed E-state index contributed by atoms with van der Waals surface area (Å²) in [4.78, 5) is 2.89. The van der Waals surface area contributed by atoms with Crippen LogP contribution in [0.1, 0.15) is 25.7 Å². The van der Waals surface area contributed by atoms with Gasteiger partial charge in [0.25, 0.3) is 0 Å². The molecule has 0 aliphatic rings. The molecule has 0 aromatic carbocycles. The van der Waals surface area contributed by atoms with Crippen LogP contribution in [0, 0.1) is 0 Å². The monoisotopic (exact) mass is 299 g/mol. The standard InChI is InChI=1S/C6H11F3O3S.C5H5N/c7-6(8,9)4-2-1-3-5-13(10,11)12;1-2-4-6-5-3-1/h1-5H2,(H,10,11,12);1-5H. The van der Waals surface area contributed by atoms with Gasteiger partial charge < -0.3 is 4.55 Å². The predicted molar refractivity (Wildman–Crippen MR) is 62.1 cm³/mol. The molecule has 0 amide bonds. The Balaban J connectivity index is 0.000000443. The lowest BCUT2D eigenvalue weighted by Gasteiger charge is -2.07. The lowest BCUT2D eigenvalue weighted by molar-refractivity contribution is -0.377. The number of alkyl halides is 3. The normalized spacial score (nSPS) is 11.6. The predicted octanol–water partition coefficient (Wildman–Crippen LogP) is 2.16. The summed E-state index contributed by atoms with van der Waals surface area (Å²) in [6.45, 7) is 0. The molecule has 0 bridgehead atoms. The van der Waals surface area contributed by atoms with Crippen LogP contribution in [0.5, 0.6) is 0 Å². The molecule has 0 unspecified atom stereocenters. The topological polar surface area (TPSA) is 71.3 Å². The molecule has 8 heteroatoms. The molecule has 1 rings (SSSR count). The molecule has 0 saturated carbocycles. The minimum absolute atomic E-state index is 0.00190. The van der Waals surface area contributed by atoms with Gasteiger partial charge in [-0.3, -0.25) is 0 Å². The van der Waals surface area contributed by atoms with Gasteiger partial charge in [0.15, 0.2) is 12.4 Å². The Morgan fingerprint density at radius 2 is 1.58 bits per heavy atom. The van der Waals surface area contributed by atoms with Crippen molar-refractivity contribution < 1.29 is 31.1 Å². The molecule has 0 aliphatic carbocycles. The van der Waals surface area contributed by atoms with E-state index in [-0.39, 0.29) is 19.3 Å². The third kappa shape index (κ3) is 16.9. The summed E-state index contributed by atoms with van der Waals surface area (Å²) in [7, 11) is -4.27. The zero-order valence-electron chi connectivity index (χ0n) is 10.2. The summed E-state index contributed by atoms with van der Waals surface area (Å²) in [6.07, 6.45) is -1.38. The maximum Gasteiger partial charge on any atom is 0.389 e. The van der Waals surface area contributed by atoms with Gasteiger partial charge in [-0.05, 0) is 12.8 Å². The maximum atomic E-state index is 11.5. The summed E-state index contributed by atoms with van der Waals surface area (Å²) in [5.74, 6) is -0.579. The molecule has 0 fully saturated rings. The molecular weight excluding hydrogens is 283 g/mol. The van der Waals surface area contributed by atoms with E-state index in [9.17, 15) is 26.1 Å². The lowest BCUT2D eigenvalue weighted by Crippen LogP contribution is -2.08. The Labute approximate surface area is 110 Å². The number of nitrogens with one attached hydrogen (secondary N) is 1. The van der Waals surface area contributed by atoms with Gasteiger partial charge in [-0.25, -0.2) is 13.4 Å². The van der Waals surface area contributed by atoms with Gasteiger partial charge in [-0.1, -0.05) is 12.5 Å². The molecule has 1 N–H and O–H groups in total. The Morgan fingerprint density at radius 1 is 1.00 bits per heavy atom. The molecule has 0 spiro atoms. The molecule has 0 atom stereocenters. The van der Waals surface area contributed by atoms with Crippen LogP contribution in [0.2, 0.25) is 0 Å². The van der Waals surface area contributed by atoms with Crippen molar-refractivity contribution in [2.45, 2.75) is 31.9 Å². The van der Waals surface area contributed by atoms with Gasteiger partial charge >= 0.3 is 6.18 Å². The van der Waals surface area contributed by atoms with E-state index in [0.717, 1.165) is 0 Å². The highest BCUT2D eigenvalue weighted by Gasteiger charge is 2.25. The van der Waals surface area contributed by atoms with Crippen molar-refractivity contribution in [1.29, 1.82) is 0 Å². The Bertz CT molecular complexity index is 394. The SMILES string of the molecule is O=S(=O)([O-])CCCCCC(F)(F)F.c1cc[nH+]cc1. The number of halogens is 3. The van der Waals surface area contributed by atoms with Crippen LogP contribution in [0.4, 0.5) is 13.2 Å². The average molecular weight is 299 g/mol. The van der Waals surface area contributed by atoms with Crippen LogP contribution in [-0.2, 0) is 10.1 Å². The second kappa shape index (κ2) is 8.87. The second-order valence-electron chi connectivity index (χ2n) is 3.76. The Hall–Kier alpha value is -1.15. The molecule has 19 heavy (non-hydrogen) atoms. The number of hydrogen-bond acceptors (Lipinski definition) is 3. The summed E-state index contributed by atoms with van der Waals surface area (Å²) in [5, 5.41) is 0. The number of aromatic amines is 1. The minimum Gasteiger partial charge on any atom is -0.748 e. The number of hydrogen-bond donors (Lipinski definition) is 0. The fraction of sp³-hybridized carbons (Fsp3) is 0.545. The van der Waals surface area contributed by atoms with Crippen molar-refractivity contribution in [1.82, 2.24) is 0 Å². The van der Waals surface area contributed by atoms with Gasteiger partial charge in [0, 0.05) is 24.3 Å². The lowest BCUT2D eigenvalue weighted by atomic mass is 10.2. The summed E-state index contributed by atoms with van der Waals surface area (Å²) in [5.41, 5.74) is 0. The molecule has 0 aliphatic heterocycles. The van der Waals surface area contributed by atoms with Crippen LogP contribution in [0.15, 0.2) is 30.6 Å². The number of rotatable bonds is 5. The molecule has 4 nitrogen and oxygen atoms in total. The first-order valence-electron chi connectivity index (χ1n) is 5.62. The highest BCUT2D eigenvalue weighted by molar-refractivity contribution is 7.85. The highest BCUT2D eigenvalue weighted by atomic mass is 32.2. The maximum absolute atomic E-state index is 11.5. The van der Waals surface area contributed by atoms with E-state index in [1.165, 1.54) is 0 Å². The van der Waals surface area contributed by atoms with Gasteiger partial charge in [-0.2, -0.15) is 13.2 Å². The van der Waals surface area contributed by atoms with E-state index in [0.29, 0.717) is 0 Å². The van der Waals surface area contributed by atoms with E-state index in [2.05, 4.69) is 4.98 Å². The minimum atomic E-state index is -4.27. The highest BCUT2D eigenvalue weighted by Crippen LogP contribution is 2.22. The van der Waals surface area contributed by atoms with E-state index in [4.69, 9.17) is 0 Å². The first kappa shape index (κ1) is 17.8. The van der Waals surface area contributed by atoms with Crippen molar-refractivity contribution in [3.8, 4) is 0 Å². The molecule has 1 aromatic heterocycles. The quantitative estimate of drug-likeness (QED) is 0.618. The van der Waals surface area contributed by atoms with Crippen LogP contribution < -0.4 is 4.98 Å². The van der Waals surface area contributed by atoms with E-state index in [1.54, 1.807) is 0 Å². The van der Waals surface area contributed by atoms with Gasteiger partial charge in [0.05, 0.1) is 10.1 Å². The molecular formula is C11H16F3NO3S. The molecule has 1 heterocycles. The number of pyridine rings is 1. The summed E-state index contributed by atoms with van der Waals surface area (Å²) < 4.78 is 64.7. The van der Waals surface area contributed by atoms with Gasteiger partial charge in [0.2, 0.25) is 0 Å². The van der Waals surface area contributed by atoms with Crippen molar-refractivity contribution in [2.24, 2.45) is 0 Å². The Kier molecular flexibility index (Phi) is 8.33. The number of H-pyrrole nitrogens is 1. The molecule has 1 aromatic rings. The van der Waals surface area contributed by atoms with Crippen molar-refractivity contribution in [2.75, 3.05) is 5.75 Å². The van der Waals surface area contributed by atoms with E-state index < -0.39 is 28.5 Å². The van der Waals surface area contributed by atoms with Crippen molar-refractivity contribution in [3.63, 3.8) is 0 Å². The van der Waals surface area contributed by atoms with Gasteiger partial charge in [0.1, 0.15) is 0 Å². The van der Waals surface area contributed by atoms with Gasteiger partial charge in [-0.15, -0.1) is 0 Å². The first-order valence-corrected chi connectivity index (χ1v) is 7.20. The smallest absolute Gasteiger partial charge is 0.389 e. The van der Waals surface area contributed by atoms with Crippen LogP contribution in [-0.4, -0.2) is 24.9 Å². The largest absolute Gasteiger partial charge is 0.748 e. The zero-order valence-corrected chi connectivity index (χ0v) is 11.0. The molecule has 0 saturated heterocycles. The average Bonchev–Trinajstić information content (AvgIpc) is 2.28. The van der Waals surface area contributed by atoms with Crippen LogP contribution >= 0.6 is 0 Å². The fourth-order valence-corrected chi connectivity index (χ4v) is 1.68. The summed E-state index contributed by atoms with van der Waals surface area (Å²) in [6, 6.07) is 5.86. The van der Waals surface area contributed by atoms with E-state index >= 15 is 0 Å². The molecule has 0 radical (unpaired) electrons. The number of unbranched alkanes of at least 4 members (excludes halogenated alkanes) is 2.